The SMILES string of the molecule is C/C(=N\Nc1cnccn1)c1cc2c(c(F)c1F)N1C[C@@H](C)O[C@@H](C)[C@@H]1C1(C2)C(=O)NC(=O)NC1=O. The van der Waals surface area contributed by atoms with Gasteiger partial charge in [0.2, 0.25) is 11.8 Å². The summed E-state index contributed by atoms with van der Waals surface area (Å²) >= 11 is 0. The number of carbonyl (C=O) groups is 3. The first-order valence-corrected chi connectivity index (χ1v) is 11.3. The quantitative estimate of drug-likeness (QED) is 0.328. The van der Waals surface area contributed by atoms with Gasteiger partial charge in [-0.05, 0) is 32.4 Å². The van der Waals surface area contributed by atoms with Gasteiger partial charge in [-0.2, -0.15) is 5.10 Å². The Balaban J connectivity index is 1.64. The van der Waals surface area contributed by atoms with E-state index in [4.69, 9.17) is 4.74 Å². The number of fused-ring (bicyclic) bond motifs is 4. The Morgan fingerprint density at radius 2 is 1.92 bits per heavy atom. The summed E-state index contributed by atoms with van der Waals surface area (Å²) in [4.78, 5) is 47.7. The zero-order valence-electron chi connectivity index (χ0n) is 19.6. The van der Waals surface area contributed by atoms with Crippen LogP contribution in [-0.2, 0) is 20.7 Å². The summed E-state index contributed by atoms with van der Waals surface area (Å²) in [7, 11) is 0. The fraction of sp³-hybridized carbons (Fsp3) is 0.391. The number of anilines is 2. The first-order valence-electron chi connectivity index (χ1n) is 11.3. The Morgan fingerprint density at radius 3 is 2.58 bits per heavy atom. The third-order valence-electron chi connectivity index (χ3n) is 6.76. The zero-order chi connectivity index (χ0) is 25.8. The number of aromatic nitrogens is 2. The van der Waals surface area contributed by atoms with Gasteiger partial charge in [0.25, 0.3) is 0 Å². The molecule has 5 rings (SSSR count). The number of urea groups is 1. The maximum absolute atomic E-state index is 15.7. The molecule has 11 nitrogen and oxygen atoms in total. The summed E-state index contributed by atoms with van der Waals surface area (Å²) in [5.74, 6) is -3.57. The smallest absolute Gasteiger partial charge is 0.328 e. The van der Waals surface area contributed by atoms with Gasteiger partial charge in [0, 0.05) is 30.9 Å². The first-order chi connectivity index (χ1) is 17.1. The summed E-state index contributed by atoms with van der Waals surface area (Å²) in [5.41, 5.74) is 0.975. The predicted molar refractivity (Wildman–Crippen MR) is 123 cm³/mol. The van der Waals surface area contributed by atoms with Crippen molar-refractivity contribution in [2.24, 2.45) is 10.5 Å². The monoisotopic (exact) mass is 499 g/mol. The normalized spacial score (nSPS) is 25.1. The number of hydrogen-bond acceptors (Lipinski definition) is 9. The van der Waals surface area contributed by atoms with Gasteiger partial charge in [0.1, 0.15) is 0 Å². The largest absolute Gasteiger partial charge is 0.372 e. The Labute approximate surface area is 204 Å². The lowest BCUT2D eigenvalue weighted by Gasteiger charge is -2.55. The summed E-state index contributed by atoms with van der Waals surface area (Å²) in [6.07, 6.45) is 2.96. The highest BCUT2D eigenvalue weighted by atomic mass is 19.2. The molecule has 3 atom stereocenters. The molecule has 3 aliphatic heterocycles. The lowest BCUT2D eigenvalue weighted by Crippen LogP contribution is -2.75. The maximum atomic E-state index is 15.7. The molecule has 4 amide bonds. The second-order valence-electron chi connectivity index (χ2n) is 9.09. The van der Waals surface area contributed by atoms with E-state index in [-0.39, 0.29) is 35.5 Å². The third-order valence-corrected chi connectivity index (χ3v) is 6.76. The van der Waals surface area contributed by atoms with Crippen molar-refractivity contribution in [3.05, 3.63) is 47.4 Å². The first kappa shape index (κ1) is 23.7. The van der Waals surface area contributed by atoms with Crippen LogP contribution < -0.4 is 21.0 Å². The molecule has 0 unspecified atom stereocenters. The molecule has 0 saturated carbocycles. The summed E-state index contributed by atoms with van der Waals surface area (Å²) in [6, 6.07) is -0.526. The molecule has 2 saturated heterocycles. The molecular formula is C23H23F2N7O4. The number of morpholine rings is 1. The average Bonchev–Trinajstić information content (AvgIpc) is 2.83. The Hall–Kier alpha value is -4.00. The van der Waals surface area contributed by atoms with Gasteiger partial charge < -0.3 is 9.64 Å². The molecular weight excluding hydrogens is 476 g/mol. The van der Waals surface area contributed by atoms with Crippen molar-refractivity contribution < 1.29 is 27.9 Å². The number of halogens is 2. The second kappa shape index (κ2) is 8.59. The average molecular weight is 499 g/mol. The zero-order valence-corrected chi connectivity index (χ0v) is 19.6. The number of nitrogens with one attached hydrogen (secondary N) is 3. The number of ether oxygens (including phenoxy) is 1. The van der Waals surface area contributed by atoms with Crippen LogP contribution in [0, 0.1) is 17.0 Å². The van der Waals surface area contributed by atoms with Crippen molar-refractivity contribution in [2.75, 3.05) is 16.9 Å². The van der Waals surface area contributed by atoms with Crippen LogP contribution in [0.5, 0.6) is 0 Å². The van der Waals surface area contributed by atoms with Crippen molar-refractivity contribution in [1.82, 2.24) is 20.6 Å². The second-order valence-corrected chi connectivity index (χ2v) is 9.09. The number of rotatable bonds is 3. The van der Waals surface area contributed by atoms with Crippen LogP contribution in [0.15, 0.2) is 29.8 Å². The van der Waals surface area contributed by atoms with E-state index in [1.54, 1.807) is 13.8 Å². The van der Waals surface area contributed by atoms with Gasteiger partial charge >= 0.3 is 6.03 Å². The molecule has 13 heteroatoms. The Morgan fingerprint density at radius 1 is 1.19 bits per heavy atom. The van der Waals surface area contributed by atoms with Crippen LogP contribution in [0.1, 0.15) is 31.9 Å². The molecule has 3 aliphatic rings. The number of hydrazone groups is 1. The number of carbonyl (C=O) groups excluding carboxylic acids is 3. The van der Waals surface area contributed by atoms with Crippen LogP contribution >= 0.6 is 0 Å². The van der Waals surface area contributed by atoms with Crippen molar-refractivity contribution in [3.8, 4) is 0 Å². The fourth-order valence-electron chi connectivity index (χ4n) is 5.36. The van der Waals surface area contributed by atoms with Crippen LogP contribution in [0.3, 0.4) is 0 Å². The minimum Gasteiger partial charge on any atom is -0.372 e. The number of nitrogens with zero attached hydrogens (tertiary/aromatic N) is 4. The lowest BCUT2D eigenvalue weighted by molar-refractivity contribution is -0.153. The van der Waals surface area contributed by atoms with Crippen LogP contribution in [-0.4, -0.2) is 58.3 Å². The molecule has 2 fully saturated rings. The van der Waals surface area contributed by atoms with E-state index >= 15 is 8.78 Å². The highest BCUT2D eigenvalue weighted by Crippen LogP contribution is 2.48. The minimum absolute atomic E-state index is 0.0407. The van der Waals surface area contributed by atoms with E-state index in [0.29, 0.717) is 5.82 Å². The van der Waals surface area contributed by atoms with E-state index in [0.717, 1.165) is 0 Å². The van der Waals surface area contributed by atoms with Gasteiger partial charge in [-0.1, -0.05) is 0 Å². The fourth-order valence-corrected chi connectivity index (χ4v) is 5.36. The number of hydrogen-bond donors (Lipinski definition) is 3. The number of imide groups is 2. The molecule has 188 valence electrons. The molecule has 1 aromatic carbocycles. The maximum Gasteiger partial charge on any atom is 0.328 e. The van der Waals surface area contributed by atoms with Crippen molar-refractivity contribution in [3.63, 3.8) is 0 Å². The summed E-state index contributed by atoms with van der Waals surface area (Å²) in [6.45, 7) is 5.01. The number of benzene rings is 1. The standard InChI is InChI=1S/C23H23F2N7O4/c1-10-9-32-18-13(7-23(19(32)12(3)36-10)20(33)28-22(35)29-21(23)34)6-14(16(24)17(18)25)11(2)30-31-15-8-26-4-5-27-15/h4-6,8,10,12,19H,7,9H2,1-3H3,(H,27,31)(H2,28,29,33,34,35)/b30-11+/t10-,12+,19-/m1/s1. The minimum atomic E-state index is -1.80. The molecule has 1 spiro atoms. The molecule has 0 aliphatic carbocycles. The summed E-state index contributed by atoms with van der Waals surface area (Å²) in [5, 5.41) is 8.41. The molecule has 0 bridgehead atoms. The van der Waals surface area contributed by atoms with E-state index in [9.17, 15) is 14.4 Å². The molecule has 4 heterocycles. The molecule has 2 aromatic rings. The van der Waals surface area contributed by atoms with Crippen molar-refractivity contribution in [1.29, 1.82) is 0 Å². The highest BCUT2D eigenvalue weighted by molar-refractivity contribution is 6.20. The summed E-state index contributed by atoms with van der Waals surface area (Å²) < 4.78 is 37.0. The number of barbiturate groups is 1. The van der Waals surface area contributed by atoms with Gasteiger partial charge in [-0.25, -0.2) is 18.6 Å². The predicted octanol–water partition coefficient (Wildman–Crippen LogP) is 1.48. The number of amides is 4. The Bertz CT molecular complexity index is 1280. The van der Waals surface area contributed by atoms with Gasteiger partial charge in [0.05, 0.1) is 35.8 Å². The van der Waals surface area contributed by atoms with E-state index in [1.807, 2.05) is 0 Å². The molecule has 0 radical (unpaired) electrons. The highest BCUT2D eigenvalue weighted by Gasteiger charge is 2.63. The van der Waals surface area contributed by atoms with Crippen molar-refractivity contribution >= 4 is 35.1 Å². The molecule has 1 aromatic heterocycles. The lowest BCUT2D eigenvalue weighted by atomic mass is 9.66. The van der Waals surface area contributed by atoms with Crippen LogP contribution in [0.2, 0.25) is 0 Å². The van der Waals surface area contributed by atoms with E-state index in [1.165, 1.54) is 36.5 Å². The van der Waals surface area contributed by atoms with E-state index in [2.05, 4.69) is 31.1 Å². The van der Waals surface area contributed by atoms with E-state index < -0.39 is 53.1 Å². The van der Waals surface area contributed by atoms with Gasteiger partial charge in [-0.3, -0.25) is 30.6 Å². The van der Waals surface area contributed by atoms with Gasteiger partial charge in [-0.15, -0.1) is 0 Å². The third kappa shape index (κ3) is 3.58. The molecule has 3 N–H and O–H groups in total. The topological polar surface area (TPSA) is 138 Å². The van der Waals surface area contributed by atoms with Crippen molar-refractivity contribution in [2.45, 2.75) is 45.4 Å². The van der Waals surface area contributed by atoms with Crippen LogP contribution in [0.25, 0.3) is 0 Å². The van der Waals surface area contributed by atoms with Crippen LogP contribution in [0.4, 0.5) is 25.1 Å². The van der Waals surface area contributed by atoms with Gasteiger partial charge in [0.15, 0.2) is 22.9 Å². The molecule has 36 heavy (non-hydrogen) atoms. The Kier molecular flexibility index (Phi) is 5.66.